The van der Waals surface area contributed by atoms with Crippen molar-refractivity contribution in [3.05, 3.63) is 46.0 Å². The number of unbranched alkanes of at least 4 members (excludes halogenated alkanes) is 2. The second-order valence-electron chi connectivity index (χ2n) is 4.11. The van der Waals surface area contributed by atoms with Gasteiger partial charge in [0.25, 0.3) is 0 Å². The maximum Gasteiger partial charge on any atom is 0.407 e. The van der Waals surface area contributed by atoms with Gasteiger partial charge in [-0.15, -0.1) is 0 Å². The maximum atomic E-state index is 11.3. The fourth-order valence-electron chi connectivity index (χ4n) is 1.51. The lowest BCUT2D eigenvalue weighted by molar-refractivity contribution is -0.480. The maximum absolute atomic E-state index is 11.3. The average Bonchev–Trinajstić information content (AvgIpc) is 2.41. The minimum atomic E-state index is -0.460. The zero-order valence-corrected chi connectivity index (χ0v) is 10.7. The molecule has 0 fully saturated rings. The normalized spacial score (nSPS) is 9.89. The second kappa shape index (κ2) is 8.91. The van der Waals surface area contributed by atoms with Crippen molar-refractivity contribution in [2.75, 3.05) is 13.1 Å². The van der Waals surface area contributed by atoms with Crippen LogP contribution in [0.3, 0.4) is 0 Å². The van der Waals surface area contributed by atoms with Crippen molar-refractivity contribution in [3.63, 3.8) is 0 Å². The first-order valence-electron chi connectivity index (χ1n) is 6.25. The van der Waals surface area contributed by atoms with E-state index in [4.69, 9.17) is 4.74 Å². The molecule has 0 aliphatic heterocycles. The number of nitro groups is 1. The molecule has 6 heteroatoms. The van der Waals surface area contributed by atoms with Crippen molar-refractivity contribution in [2.45, 2.75) is 25.9 Å². The smallest absolute Gasteiger partial charge is 0.407 e. The summed E-state index contributed by atoms with van der Waals surface area (Å²) in [6, 6.07) is 9.42. The molecule has 1 aromatic carbocycles. The van der Waals surface area contributed by atoms with Gasteiger partial charge in [0.15, 0.2) is 0 Å². The molecule has 6 nitrogen and oxygen atoms in total. The SMILES string of the molecule is O=C(NCCCCC[N+](=O)[O-])OCc1ccccc1. The molecule has 0 bridgehead atoms. The van der Waals surface area contributed by atoms with Crippen LogP contribution in [-0.4, -0.2) is 24.1 Å². The van der Waals surface area contributed by atoms with Crippen LogP contribution in [0.5, 0.6) is 0 Å². The number of rotatable bonds is 8. The Morgan fingerprint density at radius 1 is 1.21 bits per heavy atom. The number of alkyl carbamates (subject to hydrolysis) is 1. The Hall–Kier alpha value is -2.11. The van der Waals surface area contributed by atoms with Gasteiger partial charge >= 0.3 is 6.09 Å². The van der Waals surface area contributed by atoms with Crippen molar-refractivity contribution < 1.29 is 14.5 Å². The lowest BCUT2D eigenvalue weighted by atomic mass is 10.2. The molecule has 1 amide bonds. The molecule has 0 radical (unpaired) electrons. The number of amides is 1. The molecule has 0 saturated heterocycles. The van der Waals surface area contributed by atoms with Gasteiger partial charge in [0.05, 0.1) is 0 Å². The Bertz CT molecular complexity index is 395. The van der Waals surface area contributed by atoms with Gasteiger partial charge < -0.3 is 10.1 Å². The molecule has 1 rings (SSSR count). The summed E-state index contributed by atoms with van der Waals surface area (Å²) in [5.74, 6) is 0. The summed E-state index contributed by atoms with van der Waals surface area (Å²) in [6.07, 6.45) is 1.51. The van der Waals surface area contributed by atoms with Gasteiger partial charge in [-0.25, -0.2) is 4.79 Å². The zero-order valence-electron chi connectivity index (χ0n) is 10.7. The monoisotopic (exact) mass is 266 g/mol. The second-order valence-corrected chi connectivity index (χ2v) is 4.11. The summed E-state index contributed by atoms with van der Waals surface area (Å²) in [5, 5.41) is 12.7. The number of nitrogens with zero attached hydrogens (tertiary/aromatic N) is 1. The number of ether oxygens (including phenoxy) is 1. The molecule has 0 aliphatic rings. The van der Waals surface area contributed by atoms with E-state index in [-0.39, 0.29) is 18.1 Å². The predicted molar refractivity (Wildman–Crippen MR) is 70.3 cm³/mol. The molecule has 0 unspecified atom stereocenters. The molecule has 0 atom stereocenters. The topological polar surface area (TPSA) is 81.5 Å². The molecule has 1 aromatic rings. The number of hydrogen-bond acceptors (Lipinski definition) is 4. The Balaban J connectivity index is 2.01. The Morgan fingerprint density at radius 3 is 2.63 bits per heavy atom. The highest BCUT2D eigenvalue weighted by molar-refractivity contribution is 5.67. The predicted octanol–water partition coefficient (Wildman–Crippen LogP) is 2.36. The van der Waals surface area contributed by atoms with E-state index in [1.807, 2.05) is 30.3 Å². The van der Waals surface area contributed by atoms with Gasteiger partial charge in [0.1, 0.15) is 6.61 Å². The van der Waals surface area contributed by atoms with E-state index in [0.717, 1.165) is 12.0 Å². The van der Waals surface area contributed by atoms with Crippen LogP contribution in [0.1, 0.15) is 24.8 Å². The fraction of sp³-hybridized carbons (Fsp3) is 0.462. The largest absolute Gasteiger partial charge is 0.445 e. The van der Waals surface area contributed by atoms with Crippen LogP contribution in [0.15, 0.2) is 30.3 Å². The Labute approximate surface area is 111 Å². The van der Waals surface area contributed by atoms with Crippen molar-refractivity contribution in [1.29, 1.82) is 0 Å². The van der Waals surface area contributed by atoms with Crippen LogP contribution in [0.4, 0.5) is 4.79 Å². The number of carbonyl (C=O) groups is 1. The van der Waals surface area contributed by atoms with Crippen LogP contribution in [0, 0.1) is 10.1 Å². The molecule has 104 valence electrons. The van der Waals surface area contributed by atoms with Crippen molar-refractivity contribution in [1.82, 2.24) is 5.32 Å². The van der Waals surface area contributed by atoms with Crippen LogP contribution < -0.4 is 5.32 Å². The summed E-state index contributed by atoms with van der Waals surface area (Å²) >= 11 is 0. The first kappa shape index (κ1) is 14.9. The fourth-order valence-corrected chi connectivity index (χ4v) is 1.51. The van der Waals surface area contributed by atoms with E-state index in [1.165, 1.54) is 0 Å². The summed E-state index contributed by atoms with van der Waals surface area (Å²) in [7, 11) is 0. The van der Waals surface area contributed by atoms with E-state index < -0.39 is 6.09 Å². The van der Waals surface area contributed by atoms with Gasteiger partial charge in [-0.05, 0) is 18.4 Å². The first-order valence-corrected chi connectivity index (χ1v) is 6.25. The molecular weight excluding hydrogens is 248 g/mol. The average molecular weight is 266 g/mol. The molecule has 0 heterocycles. The molecule has 0 aromatic heterocycles. The minimum Gasteiger partial charge on any atom is -0.445 e. The molecular formula is C13H18N2O4. The van der Waals surface area contributed by atoms with E-state index in [1.54, 1.807) is 0 Å². The van der Waals surface area contributed by atoms with Crippen LogP contribution in [-0.2, 0) is 11.3 Å². The van der Waals surface area contributed by atoms with Gasteiger partial charge in [0, 0.05) is 17.9 Å². The third kappa shape index (κ3) is 7.75. The summed E-state index contributed by atoms with van der Waals surface area (Å²) < 4.78 is 5.01. The van der Waals surface area contributed by atoms with Crippen LogP contribution in [0.25, 0.3) is 0 Å². The molecule has 0 saturated carbocycles. The summed E-state index contributed by atoms with van der Waals surface area (Å²) in [6.45, 7) is 0.706. The lowest BCUT2D eigenvalue weighted by Crippen LogP contribution is -2.25. The highest BCUT2D eigenvalue weighted by Gasteiger charge is 2.02. The number of carbonyl (C=O) groups excluding carboxylic acids is 1. The quantitative estimate of drug-likeness (QED) is 0.445. The number of benzene rings is 1. The van der Waals surface area contributed by atoms with Gasteiger partial charge in [-0.1, -0.05) is 30.3 Å². The van der Waals surface area contributed by atoms with Gasteiger partial charge in [-0.2, -0.15) is 0 Å². The lowest BCUT2D eigenvalue weighted by Gasteiger charge is -2.06. The van der Waals surface area contributed by atoms with E-state index in [2.05, 4.69) is 5.32 Å². The third-order valence-corrected chi connectivity index (χ3v) is 2.50. The summed E-state index contributed by atoms with van der Waals surface area (Å²) in [5.41, 5.74) is 0.934. The van der Waals surface area contributed by atoms with Crippen LogP contribution >= 0.6 is 0 Å². The molecule has 0 aliphatic carbocycles. The minimum absolute atomic E-state index is 0.0154. The summed E-state index contributed by atoms with van der Waals surface area (Å²) in [4.78, 5) is 21.1. The number of hydrogen-bond donors (Lipinski definition) is 1. The van der Waals surface area contributed by atoms with Crippen molar-refractivity contribution in [3.8, 4) is 0 Å². The number of nitrogens with one attached hydrogen (secondary N) is 1. The van der Waals surface area contributed by atoms with E-state index in [0.29, 0.717) is 19.4 Å². The van der Waals surface area contributed by atoms with Crippen molar-refractivity contribution in [2.24, 2.45) is 0 Å². The third-order valence-electron chi connectivity index (χ3n) is 2.50. The van der Waals surface area contributed by atoms with E-state index >= 15 is 0 Å². The molecule has 19 heavy (non-hydrogen) atoms. The highest BCUT2D eigenvalue weighted by Crippen LogP contribution is 2.00. The molecule has 0 spiro atoms. The first-order chi connectivity index (χ1) is 9.18. The zero-order chi connectivity index (χ0) is 13.9. The van der Waals surface area contributed by atoms with Gasteiger partial charge in [0.2, 0.25) is 6.54 Å². The Kier molecular flexibility index (Phi) is 7.01. The molecule has 1 N–H and O–H groups in total. The Morgan fingerprint density at radius 2 is 1.95 bits per heavy atom. The van der Waals surface area contributed by atoms with Crippen molar-refractivity contribution >= 4 is 6.09 Å². The standard InChI is InChI=1S/C13H18N2O4/c16-13(14-9-5-2-6-10-15(17)18)19-11-12-7-3-1-4-8-12/h1,3-4,7-8H,2,5-6,9-11H2,(H,14,16). The van der Waals surface area contributed by atoms with Crippen LogP contribution in [0.2, 0.25) is 0 Å². The van der Waals surface area contributed by atoms with E-state index in [9.17, 15) is 14.9 Å². The highest BCUT2D eigenvalue weighted by atomic mass is 16.6. The van der Waals surface area contributed by atoms with Gasteiger partial charge in [-0.3, -0.25) is 10.1 Å².